The lowest BCUT2D eigenvalue weighted by Gasteiger charge is -2.28. The summed E-state index contributed by atoms with van der Waals surface area (Å²) in [6.07, 6.45) is 0. The van der Waals surface area contributed by atoms with Gasteiger partial charge >= 0.3 is 5.97 Å². The Morgan fingerprint density at radius 2 is 1.88 bits per heavy atom. The Balaban J connectivity index is 2.53. The summed E-state index contributed by atoms with van der Waals surface area (Å²) in [5, 5.41) is 0. The second-order valence-corrected chi connectivity index (χ2v) is 5.99. The molecule has 0 saturated heterocycles. The van der Waals surface area contributed by atoms with Crippen molar-refractivity contribution in [3.8, 4) is 0 Å². The van der Waals surface area contributed by atoms with E-state index in [1.807, 2.05) is 6.92 Å². The molecule has 2 rings (SSSR count). The van der Waals surface area contributed by atoms with Gasteiger partial charge in [-0.1, -0.05) is 17.7 Å². The van der Waals surface area contributed by atoms with E-state index < -0.39 is 23.1 Å². The lowest BCUT2D eigenvalue weighted by atomic mass is 10.1. The molecule has 0 heterocycles. The Bertz CT molecular complexity index is 754. The van der Waals surface area contributed by atoms with E-state index in [4.69, 9.17) is 4.74 Å². The molecule has 0 spiro atoms. The van der Waals surface area contributed by atoms with E-state index >= 15 is 0 Å². The number of rotatable bonds is 5. The first-order valence-corrected chi connectivity index (χ1v) is 8.31. The van der Waals surface area contributed by atoms with Gasteiger partial charge in [-0.25, -0.2) is 9.18 Å². The van der Waals surface area contributed by atoms with Crippen LogP contribution in [0.25, 0.3) is 0 Å². The van der Waals surface area contributed by atoms with Gasteiger partial charge in [0.05, 0.1) is 34.8 Å². The van der Waals surface area contributed by atoms with Gasteiger partial charge in [0, 0.05) is 0 Å². The average molecular weight is 350 g/mol. The highest BCUT2D eigenvalue weighted by Gasteiger charge is 2.20. The summed E-state index contributed by atoms with van der Waals surface area (Å²) >= 11 is -2.73. The maximum atomic E-state index is 14.6. The number of carbonyl (C=O) groups excluding carboxylic acids is 1. The van der Waals surface area contributed by atoms with Crippen LogP contribution in [0.5, 0.6) is 0 Å². The zero-order valence-electron chi connectivity index (χ0n) is 13.5. The predicted octanol–water partition coefficient (Wildman–Crippen LogP) is 3.55. The number of anilines is 2. The maximum absolute atomic E-state index is 14.6. The van der Waals surface area contributed by atoms with E-state index in [2.05, 4.69) is 0 Å². The lowest BCUT2D eigenvalue weighted by Crippen LogP contribution is -2.22. The minimum atomic E-state index is -2.73. The van der Waals surface area contributed by atoms with Crippen LogP contribution in [0, 0.1) is 19.7 Å². The van der Waals surface area contributed by atoms with Crippen LogP contribution in [-0.2, 0) is 16.0 Å². The number of ether oxygens (including phenoxy) is 1. The molecule has 0 saturated carbocycles. The first kappa shape index (κ1) is 18.1. The second kappa shape index (κ2) is 7.55. The van der Waals surface area contributed by atoms with Crippen LogP contribution >= 0.6 is 0 Å². The topological polar surface area (TPSA) is 69.7 Å². The van der Waals surface area contributed by atoms with E-state index in [0.717, 1.165) is 15.9 Å². The molecule has 128 valence electrons. The van der Waals surface area contributed by atoms with Crippen molar-refractivity contribution < 1.29 is 22.7 Å². The SMILES string of the molecule is CCOC(=O)c1cc(C)c(N(c2ccc(C)cc2)S(=O)[O-])c(F)c1. The number of nitrogens with zero attached hydrogens (tertiary/aromatic N) is 1. The van der Waals surface area contributed by atoms with Crippen molar-refractivity contribution >= 4 is 28.6 Å². The standard InChI is InChI=1S/C17H18FNO4S/c1-4-23-17(20)13-9-12(3)16(15(18)10-13)19(24(21)22)14-7-5-11(2)6-8-14/h5-10H,4H2,1-3H3,(H,21,22)/p-1. The van der Waals surface area contributed by atoms with E-state index in [9.17, 15) is 17.9 Å². The second-order valence-electron chi connectivity index (χ2n) is 5.19. The third-order valence-corrected chi connectivity index (χ3v) is 4.08. The molecule has 0 aliphatic rings. The highest BCUT2D eigenvalue weighted by Crippen LogP contribution is 2.33. The summed E-state index contributed by atoms with van der Waals surface area (Å²) in [6.45, 7) is 5.22. The first-order valence-electron chi connectivity index (χ1n) is 7.28. The van der Waals surface area contributed by atoms with Crippen LogP contribution in [0.3, 0.4) is 0 Å². The van der Waals surface area contributed by atoms with Crippen molar-refractivity contribution in [3.05, 3.63) is 58.9 Å². The van der Waals surface area contributed by atoms with Gasteiger partial charge in [-0.3, -0.25) is 8.51 Å². The number of hydrogen-bond donors (Lipinski definition) is 0. The van der Waals surface area contributed by atoms with Gasteiger partial charge < -0.3 is 9.29 Å². The van der Waals surface area contributed by atoms with Crippen LogP contribution in [0.15, 0.2) is 36.4 Å². The zero-order chi connectivity index (χ0) is 17.9. The third kappa shape index (κ3) is 3.80. The number of carbonyl (C=O) groups is 1. The van der Waals surface area contributed by atoms with Crippen molar-refractivity contribution in [1.82, 2.24) is 0 Å². The number of aryl methyl sites for hydroxylation is 2. The zero-order valence-corrected chi connectivity index (χ0v) is 14.4. The van der Waals surface area contributed by atoms with E-state index in [1.165, 1.54) is 13.0 Å². The van der Waals surface area contributed by atoms with Crippen LogP contribution < -0.4 is 4.31 Å². The molecule has 0 amide bonds. The predicted molar refractivity (Wildman–Crippen MR) is 89.3 cm³/mol. The minimum absolute atomic E-state index is 0.0381. The van der Waals surface area contributed by atoms with Crippen molar-refractivity contribution in [2.24, 2.45) is 0 Å². The first-order chi connectivity index (χ1) is 11.3. The Morgan fingerprint density at radius 1 is 1.25 bits per heavy atom. The Hall–Kier alpha value is -2.25. The fourth-order valence-corrected chi connectivity index (χ4v) is 2.97. The van der Waals surface area contributed by atoms with Gasteiger partial charge in [0.2, 0.25) is 0 Å². The van der Waals surface area contributed by atoms with Gasteiger partial charge in [-0.15, -0.1) is 0 Å². The molecule has 2 aromatic carbocycles. The fourth-order valence-electron chi connectivity index (χ4n) is 2.30. The molecule has 5 nitrogen and oxygen atoms in total. The summed E-state index contributed by atoms with van der Waals surface area (Å²) in [5.41, 5.74) is 1.48. The molecule has 0 aliphatic carbocycles. The number of halogens is 1. The van der Waals surface area contributed by atoms with Gasteiger partial charge in [0.25, 0.3) is 0 Å². The summed E-state index contributed by atoms with van der Waals surface area (Å²) in [5.74, 6) is -1.47. The quantitative estimate of drug-likeness (QED) is 0.611. The average Bonchev–Trinajstić information content (AvgIpc) is 2.51. The summed E-state index contributed by atoms with van der Waals surface area (Å²) in [4.78, 5) is 11.7. The summed E-state index contributed by atoms with van der Waals surface area (Å²) in [6, 6.07) is 9.02. The highest BCUT2D eigenvalue weighted by molar-refractivity contribution is 7.81. The molecule has 0 aliphatic heterocycles. The van der Waals surface area contributed by atoms with Gasteiger partial charge in [0.15, 0.2) is 0 Å². The maximum Gasteiger partial charge on any atom is 0.338 e. The van der Waals surface area contributed by atoms with Crippen molar-refractivity contribution in [1.29, 1.82) is 0 Å². The molecule has 0 aromatic heterocycles. The van der Waals surface area contributed by atoms with Crippen LogP contribution in [0.4, 0.5) is 15.8 Å². The summed E-state index contributed by atoms with van der Waals surface area (Å²) in [7, 11) is 0. The van der Waals surface area contributed by atoms with E-state index in [1.54, 1.807) is 31.2 Å². The van der Waals surface area contributed by atoms with Crippen LogP contribution in [0.1, 0.15) is 28.4 Å². The number of esters is 1. The number of hydrogen-bond acceptors (Lipinski definition) is 4. The molecule has 0 bridgehead atoms. The molecular weight excluding hydrogens is 333 g/mol. The Morgan fingerprint density at radius 3 is 2.38 bits per heavy atom. The third-order valence-electron chi connectivity index (χ3n) is 3.39. The molecule has 1 atom stereocenters. The normalized spacial score (nSPS) is 11.9. The van der Waals surface area contributed by atoms with Gasteiger partial charge in [0.1, 0.15) is 5.82 Å². The van der Waals surface area contributed by atoms with E-state index in [0.29, 0.717) is 11.3 Å². The van der Waals surface area contributed by atoms with Crippen LogP contribution in [0.2, 0.25) is 0 Å². The minimum Gasteiger partial charge on any atom is -0.755 e. The molecule has 0 N–H and O–H groups in total. The molecule has 0 radical (unpaired) electrons. The Labute approximate surface area is 142 Å². The molecule has 2 aromatic rings. The Kier molecular flexibility index (Phi) is 5.69. The molecule has 24 heavy (non-hydrogen) atoms. The van der Waals surface area contributed by atoms with Gasteiger partial charge in [-0.2, -0.15) is 0 Å². The van der Waals surface area contributed by atoms with Gasteiger partial charge in [-0.05, 0) is 50.6 Å². The lowest BCUT2D eigenvalue weighted by molar-refractivity contribution is 0.0525. The smallest absolute Gasteiger partial charge is 0.338 e. The highest BCUT2D eigenvalue weighted by atomic mass is 32.2. The summed E-state index contributed by atoms with van der Waals surface area (Å²) < 4.78 is 43.6. The van der Waals surface area contributed by atoms with E-state index in [-0.39, 0.29) is 17.9 Å². The molecule has 0 fully saturated rings. The molecule has 1 unspecified atom stereocenters. The fraction of sp³-hybridized carbons (Fsp3) is 0.235. The number of benzene rings is 2. The monoisotopic (exact) mass is 350 g/mol. The van der Waals surface area contributed by atoms with Crippen LogP contribution in [-0.4, -0.2) is 21.3 Å². The molecular formula is C17H17FNO4S-. The van der Waals surface area contributed by atoms with Crippen molar-refractivity contribution in [2.75, 3.05) is 10.9 Å². The van der Waals surface area contributed by atoms with Crippen molar-refractivity contribution in [3.63, 3.8) is 0 Å². The molecule has 7 heteroatoms. The largest absolute Gasteiger partial charge is 0.755 e. The van der Waals surface area contributed by atoms with Crippen molar-refractivity contribution in [2.45, 2.75) is 20.8 Å².